The van der Waals surface area contributed by atoms with E-state index in [9.17, 15) is 39.6 Å². The Balaban J connectivity index is 0.000000140. The van der Waals surface area contributed by atoms with Crippen molar-refractivity contribution in [1.29, 1.82) is 0 Å². The quantitative estimate of drug-likeness (QED) is 0.0602. The number of rotatable bonds is 23. The molecule has 22 nitrogen and oxygen atoms in total. The van der Waals surface area contributed by atoms with Crippen molar-refractivity contribution in [3.8, 4) is 23.0 Å². The summed E-state index contributed by atoms with van der Waals surface area (Å²) in [7, 11) is -5.16. The first-order valence-electron chi connectivity index (χ1n) is 38.4. The molecule has 0 radical (unpaired) electrons. The molecule has 3 aliphatic rings. The minimum atomic E-state index is -4.02. The second-order valence-electron chi connectivity index (χ2n) is 28.2. The fraction of sp³-hybridized carbons (Fsp3) is 0.209. The summed E-state index contributed by atoms with van der Waals surface area (Å²) < 4.78 is 106. The zero-order valence-electron chi connectivity index (χ0n) is 65.5. The van der Waals surface area contributed by atoms with Gasteiger partial charge in [-0.3, -0.25) is 9.59 Å². The molecule has 3 saturated heterocycles. The average molecular weight is 1710 g/mol. The Morgan fingerprint density at radius 3 is 1.26 bits per heavy atom. The van der Waals surface area contributed by atoms with Gasteiger partial charge in [-0.1, -0.05) is 127 Å². The van der Waals surface area contributed by atoms with Crippen LogP contribution >= 0.6 is 34.0 Å². The van der Waals surface area contributed by atoms with Crippen molar-refractivity contribution in [2.75, 3.05) is 56.7 Å². The van der Waals surface area contributed by atoms with Crippen LogP contribution in [0.2, 0.25) is 0 Å². The largest absolute Gasteiger partial charge is 0.497 e. The van der Waals surface area contributed by atoms with Gasteiger partial charge in [0.2, 0.25) is 0 Å². The highest BCUT2D eigenvalue weighted by molar-refractivity contribution is 7.93. The maximum atomic E-state index is 14.2. The number of aromatic carboxylic acids is 1. The zero-order chi connectivity index (χ0) is 83.2. The van der Waals surface area contributed by atoms with Crippen LogP contribution in [0.5, 0.6) is 23.0 Å². The van der Waals surface area contributed by atoms with Gasteiger partial charge in [-0.2, -0.15) is 0 Å². The second kappa shape index (κ2) is 37.8. The Morgan fingerprint density at radius 1 is 0.445 bits per heavy atom. The fourth-order valence-corrected chi connectivity index (χ4v) is 22.1. The molecule has 3 atom stereocenters. The molecule has 14 aromatic rings. The smallest absolute Gasteiger partial charge is 0.335 e. The number of thiazole rings is 3. The van der Waals surface area contributed by atoms with Crippen molar-refractivity contribution >= 4 is 124 Å². The van der Waals surface area contributed by atoms with E-state index in [0.29, 0.717) is 83.6 Å². The van der Waals surface area contributed by atoms with Crippen molar-refractivity contribution in [3.63, 3.8) is 0 Å². The van der Waals surface area contributed by atoms with E-state index in [0.717, 1.165) is 95.1 Å². The van der Waals surface area contributed by atoms with Gasteiger partial charge in [0.1, 0.15) is 33.8 Å². The Labute approximate surface area is 703 Å². The lowest BCUT2D eigenvalue weighted by molar-refractivity contribution is 0.0693. The number of likely N-dealkylation sites (tertiary alicyclic amines) is 2. The van der Waals surface area contributed by atoms with E-state index in [2.05, 4.69) is 26.3 Å². The number of carbonyl (C=O) groups is 3. The van der Waals surface area contributed by atoms with Crippen LogP contribution in [0, 0.1) is 0 Å². The highest BCUT2D eigenvalue weighted by Crippen LogP contribution is 2.42. The van der Waals surface area contributed by atoms with Crippen molar-refractivity contribution in [2.24, 2.45) is 0 Å². The summed E-state index contributed by atoms with van der Waals surface area (Å²) in [4.78, 5) is 54.0. The van der Waals surface area contributed by atoms with Crippen LogP contribution in [0.25, 0.3) is 32.3 Å². The molecule has 3 aromatic heterocycles. The lowest BCUT2D eigenvalue weighted by Gasteiger charge is -2.27. The Morgan fingerprint density at radius 2 is 0.866 bits per heavy atom. The summed E-state index contributed by atoms with van der Waals surface area (Å²) in [5.74, 6) is 1.38. The number of methoxy groups -OCH3 is 4. The molecule has 0 aliphatic carbocycles. The third-order valence-electron chi connectivity index (χ3n) is 21.1. The molecule has 3 unspecified atom stereocenters. The number of nitrogens with zero attached hydrogens (tertiary/aromatic N) is 7. The average Bonchev–Trinajstić information content (AvgIpc) is 1.54. The van der Waals surface area contributed by atoms with E-state index in [1.165, 1.54) is 48.2 Å². The number of nitrogens with one attached hydrogen (secondary N) is 1. The molecular weight excluding hydrogens is 1620 g/mol. The Kier molecular flexibility index (Phi) is 26.6. The van der Waals surface area contributed by atoms with Gasteiger partial charge in [0.15, 0.2) is 20.1 Å². The third-order valence-corrected chi connectivity index (χ3v) is 29.0. The molecule has 0 saturated carbocycles. The summed E-state index contributed by atoms with van der Waals surface area (Å²) in [5.41, 5.74) is 6.36. The van der Waals surface area contributed by atoms with Crippen molar-refractivity contribution in [2.45, 2.75) is 90.2 Å². The van der Waals surface area contributed by atoms with Crippen molar-refractivity contribution in [3.05, 3.63) is 321 Å². The van der Waals surface area contributed by atoms with E-state index in [1.807, 2.05) is 143 Å². The number of carboxylic acid groups (broad SMARTS) is 1. The van der Waals surface area contributed by atoms with Crippen molar-refractivity contribution in [1.82, 2.24) is 30.1 Å². The number of sulfone groups is 1. The van der Waals surface area contributed by atoms with E-state index in [4.69, 9.17) is 24.1 Å². The normalized spacial score (nSPS) is 15.2. The molecule has 2 amide bonds. The number of hydrogen-bond donors (Lipinski definition) is 2. The highest BCUT2D eigenvalue weighted by atomic mass is 32.2. The lowest BCUT2D eigenvalue weighted by Crippen LogP contribution is -2.31. The van der Waals surface area contributed by atoms with Gasteiger partial charge < -0.3 is 39.2 Å². The van der Waals surface area contributed by atoms with Gasteiger partial charge in [-0.05, 0) is 191 Å². The summed E-state index contributed by atoms with van der Waals surface area (Å²) in [5, 5.41) is 24.1. The number of amides is 2. The predicted molar refractivity (Wildman–Crippen MR) is 467 cm³/mol. The van der Waals surface area contributed by atoms with Crippen LogP contribution in [0.15, 0.2) is 286 Å². The molecule has 610 valence electrons. The van der Waals surface area contributed by atoms with Crippen LogP contribution in [0.4, 0.5) is 10.3 Å². The maximum absolute atomic E-state index is 14.2. The highest BCUT2D eigenvalue weighted by Gasteiger charge is 2.36. The number of sulfonamides is 2. The molecular formula is C91H86N8O14S6. The summed E-state index contributed by atoms with van der Waals surface area (Å²) in [6, 6.07) is 71.6. The second-order valence-corrected chi connectivity index (χ2v) is 36.7. The van der Waals surface area contributed by atoms with Crippen LogP contribution in [0.1, 0.15) is 121 Å². The number of fused-ring (bicyclic) bond motifs is 3. The Bertz CT molecular complexity index is 6250. The summed E-state index contributed by atoms with van der Waals surface area (Å²) in [6.45, 7) is 2.51. The summed E-state index contributed by atoms with van der Waals surface area (Å²) >= 11 is 3.87. The van der Waals surface area contributed by atoms with Crippen LogP contribution in [-0.4, -0.2) is 121 Å². The minimum absolute atomic E-state index is 0.00681. The monoisotopic (exact) mass is 1710 g/mol. The van der Waals surface area contributed by atoms with Gasteiger partial charge in [0.05, 0.1) is 73.9 Å². The Hall–Kier alpha value is -11.9. The van der Waals surface area contributed by atoms with E-state index >= 15 is 0 Å². The SMILES string of the molecule is COc1ccc(CN(c2nccs2)S(=O)(=O)c2ccc3c(C4CCCN4)cccc3c2)c(OC)c1.COc1ccc(CN(c2nccs2)S(=O)(=O)c2ccc3c(C4CCCN4C(=O)c4ccccc4)cccc3c2)c(OC)c1.O=C(O)c1ccccc1.O=C(c1ccccc1)N1CCCC1c1cccc2cc(S(=O)(=O)Cc3nccs3)ccc12. The van der Waals surface area contributed by atoms with E-state index in [1.54, 1.807) is 160 Å². The zero-order valence-corrected chi connectivity index (χ0v) is 70.4. The number of ether oxygens (including phenoxy) is 4. The maximum Gasteiger partial charge on any atom is 0.335 e. The van der Waals surface area contributed by atoms with Crippen LogP contribution in [0.3, 0.4) is 0 Å². The first-order valence-corrected chi connectivity index (χ1v) is 45.6. The molecule has 28 heteroatoms. The van der Waals surface area contributed by atoms with Crippen LogP contribution in [-0.2, 0) is 48.7 Å². The van der Waals surface area contributed by atoms with Crippen LogP contribution < -0.4 is 32.9 Å². The number of anilines is 2. The third kappa shape index (κ3) is 19.0. The number of carboxylic acids is 1. The lowest BCUT2D eigenvalue weighted by atomic mass is 9.97. The summed E-state index contributed by atoms with van der Waals surface area (Å²) in [6.07, 6.45) is 10.6. The first kappa shape index (κ1) is 83.6. The number of hydrogen-bond acceptors (Lipinski definition) is 20. The molecule has 0 bridgehead atoms. The van der Waals surface area contributed by atoms with Gasteiger partial charge >= 0.3 is 5.97 Å². The molecule has 11 aromatic carbocycles. The molecule has 6 heterocycles. The van der Waals surface area contributed by atoms with E-state index < -0.39 is 35.9 Å². The number of benzene rings is 11. The molecule has 3 fully saturated rings. The van der Waals surface area contributed by atoms with Gasteiger partial charge in [0.25, 0.3) is 31.9 Å². The standard InChI is InChI=1S/C33H31N3O5S2.C26H27N3O4S2.C25H22N2O3S2.C7H6O2/c1-40-26-14-13-25(31(21-26)41-2)22-36(33-34-17-19-42-33)43(38,39)27-15-16-28-24(20-27)10-6-11-29(28)30-12-7-18-35(30)32(37)23-8-4-3-5-9-23;1-32-20-9-8-19(25(16-20)33-2)17-29(26-28-13-14-34-26)35(30,31)21-10-11-22-18(15-21)5-3-6-23(22)24-7-4-12-27-24;28-25(18-6-2-1-3-7-18)27-14-5-10-23(27)22-9-4-8-19-16-20(11-12-21(19)22)32(29,30)17-24-26-13-15-31-24;8-7(9)6-4-2-1-3-5-6/h3-6,8-11,13-17,19-21,30H,7,12,18,22H2,1-2H3;3,5-6,8-11,13-16,24,27H,4,7,12,17H2,1-2H3;1-4,6-9,11-13,15-16,23H,5,10,14,17H2;1-5H,(H,8,9). The number of aromatic nitrogens is 3. The first-order chi connectivity index (χ1) is 57.7. The molecule has 17 rings (SSSR count). The van der Waals surface area contributed by atoms with Crippen molar-refractivity contribution < 1.29 is 63.7 Å². The molecule has 3 aliphatic heterocycles. The minimum Gasteiger partial charge on any atom is -0.497 e. The van der Waals surface area contributed by atoms with E-state index in [-0.39, 0.29) is 52.5 Å². The molecule has 119 heavy (non-hydrogen) atoms. The number of carbonyl (C=O) groups excluding carboxylic acids is 2. The predicted octanol–water partition coefficient (Wildman–Crippen LogP) is 18.5. The van der Waals surface area contributed by atoms with Gasteiger partial charge in [-0.15, -0.1) is 34.0 Å². The van der Waals surface area contributed by atoms with Gasteiger partial charge in [0, 0.05) is 88.2 Å². The molecule has 2 N–H and O–H groups in total. The fourth-order valence-electron chi connectivity index (χ4n) is 15.2. The topological polar surface area (TPSA) is 274 Å². The van der Waals surface area contributed by atoms with Gasteiger partial charge in [-0.25, -0.2) is 53.6 Å². The molecule has 0 spiro atoms.